The van der Waals surface area contributed by atoms with E-state index in [9.17, 15) is 9.18 Å². The molecule has 1 rings (SSSR count). The van der Waals surface area contributed by atoms with Crippen LogP contribution in [0, 0.1) is 5.82 Å². The van der Waals surface area contributed by atoms with Gasteiger partial charge in [0.15, 0.2) is 11.6 Å². The van der Waals surface area contributed by atoms with Crippen molar-refractivity contribution in [1.29, 1.82) is 0 Å². The highest BCUT2D eigenvalue weighted by atomic mass is 19.1. The zero-order chi connectivity index (χ0) is 14.3. The molecular formula is C14H21FN2O2. The van der Waals surface area contributed by atoms with Crippen molar-refractivity contribution in [2.45, 2.75) is 32.9 Å². The minimum atomic E-state index is -0.406. The highest BCUT2D eigenvalue weighted by Gasteiger charge is 2.07. The average Bonchev–Trinajstić information content (AvgIpc) is 2.31. The molecule has 0 saturated carbocycles. The van der Waals surface area contributed by atoms with E-state index in [1.54, 1.807) is 19.2 Å². The molecule has 0 atom stereocenters. The second-order valence-electron chi connectivity index (χ2n) is 4.62. The first-order valence-corrected chi connectivity index (χ1v) is 6.38. The fraction of sp³-hybridized carbons (Fsp3) is 0.500. The van der Waals surface area contributed by atoms with E-state index in [4.69, 9.17) is 4.74 Å². The number of benzene rings is 1. The highest BCUT2D eigenvalue weighted by Crippen LogP contribution is 2.18. The van der Waals surface area contributed by atoms with E-state index in [0.29, 0.717) is 6.54 Å². The van der Waals surface area contributed by atoms with E-state index >= 15 is 0 Å². The normalized spacial score (nSPS) is 10.6. The molecule has 5 heteroatoms. The third kappa shape index (κ3) is 5.70. The van der Waals surface area contributed by atoms with Gasteiger partial charge in [-0.05, 0) is 38.6 Å². The van der Waals surface area contributed by atoms with Gasteiger partial charge in [-0.1, -0.05) is 6.07 Å². The summed E-state index contributed by atoms with van der Waals surface area (Å²) < 4.78 is 18.9. The Labute approximate surface area is 113 Å². The smallest absolute Gasteiger partial charge is 0.223 e. The average molecular weight is 268 g/mol. The fourth-order valence-corrected chi connectivity index (χ4v) is 1.62. The summed E-state index contributed by atoms with van der Waals surface area (Å²) in [5, 5.41) is 5.70. The third-order valence-electron chi connectivity index (χ3n) is 2.41. The Morgan fingerprint density at radius 1 is 1.42 bits per heavy atom. The predicted molar refractivity (Wildman–Crippen MR) is 72.6 cm³/mol. The van der Waals surface area contributed by atoms with Crippen LogP contribution in [-0.2, 0) is 11.3 Å². The van der Waals surface area contributed by atoms with E-state index in [-0.39, 0.29) is 30.7 Å². The summed E-state index contributed by atoms with van der Waals surface area (Å²) in [7, 11) is 1.80. The molecule has 0 saturated heterocycles. The number of hydrogen-bond acceptors (Lipinski definition) is 3. The second kappa shape index (κ2) is 7.74. The summed E-state index contributed by atoms with van der Waals surface area (Å²) in [5.41, 5.74) is 0.852. The molecule has 1 amide bonds. The predicted octanol–water partition coefficient (Wildman–Crippen LogP) is 1.84. The van der Waals surface area contributed by atoms with Gasteiger partial charge in [-0.2, -0.15) is 0 Å². The van der Waals surface area contributed by atoms with Gasteiger partial charge in [-0.25, -0.2) is 4.39 Å². The molecular weight excluding hydrogens is 247 g/mol. The van der Waals surface area contributed by atoms with Crippen LogP contribution in [0.5, 0.6) is 5.75 Å². The summed E-state index contributed by atoms with van der Waals surface area (Å²) in [6, 6.07) is 4.91. The lowest BCUT2D eigenvalue weighted by Crippen LogP contribution is -2.31. The third-order valence-corrected chi connectivity index (χ3v) is 2.41. The number of ether oxygens (including phenoxy) is 1. The van der Waals surface area contributed by atoms with Crippen LogP contribution in [-0.4, -0.2) is 25.6 Å². The minimum absolute atomic E-state index is 0.0952. The molecule has 106 valence electrons. The van der Waals surface area contributed by atoms with Gasteiger partial charge in [-0.3, -0.25) is 4.79 Å². The number of amides is 1. The summed E-state index contributed by atoms with van der Waals surface area (Å²) >= 11 is 0. The van der Waals surface area contributed by atoms with E-state index in [2.05, 4.69) is 10.6 Å². The van der Waals surface area contributed by atoms with Gasteiger partial charge >= 0.3 is 0 Å². The Bertz CT molecular complexity index is 422. The molecule has 19 heavy (non-hydrogen) atoms. The SMILES string of the molecule is CNCc1ccc(OCCC(=O)NC(C)C)c(F)c1. The van der Waals surface area contributed by atoms with E-state index < -0.39 is 5.82 Å². The van der Waals surface area contributed by atoms with Crippen LogP contribution in [0.4, 0.5) is 4.39 Å². The summed E-state index contributed by atoms with van der Waals surface area (Å²) in [6.07, 6.45) is 0.218. The van der Waals surface area contributed by atoms with Gasteiger partial charge in [0.1, 0.15) is 0 Å². The van der Waals surface area contributed by atoms with Crippen molar-refractivity contribution >= 4 is 5.91 Å². The van der Waals surface area contributed by atoms with Crippen molar-refractivity contribution in [3.8, 4) is 5.75 Å². The number of hydrogen-bond donors (Lipinski definition) is 2. The van der Waals surface area contributed by atoms with Crippen LogP contribution in [0.15, 0.2) is 18.2 Å². The zero-order valence-corrected chi connectivity index (χ0v) is 11.6. The molecule has 1 aromatic rings. The Morgan fingerprint density at radius 3 is 2.74 bits per heavy atom. The van der Waals surface area contributed by atoms with Crippen molar-refractivity contribution in [3.63, 3.8) is 0 Å². The van der Waals surface area contributed by atoms with Crippen molar-refractivity contribution in [2.75, 3.05) is 13.7 Å². The molecule has 2 N–H and O–H groups in total. The molecule has 1 aromatic carbocycles. The Morgan fingerprint density at radius 2 is 2.16 bits per heavy atom. The Hall–Kier alpha value is -1.62. The van der Waals surface area contributed by atoms with E-state index in [1.165, 1.54) is 6.07 Å². The molecule has 0 radical (unpaired) electrons. The molecule has 4 nitrogen and oxygen atoms in total. The molecule has 0 aliphatic heterocycles. The second-order valence-corrected chi connectivity index (χ2v) is 4.62. The summed E-state index contributed by atoms with van der Waals surface area (Å²) in [4.78, 5) is 11.4. The Balaban J connectivity index is 2.43. The van der Waals surface area contributed by atoms with Gasteiger partial charge in [-0.15, -0.1) is 0 Å². The monoisotopic (exact) mass is 268 g/mol. The van der Waals surface area contributed by atoms with Gasteiger partial charge in [0.2, 0.25) is 5.91 Å². The molecule has 0 aliphatic carbocycles. The largest absolute Gasteiger partial charge is 0.490 e. The number of carbonyl (C=O) groups excluding carboxylic acids is 1. The minimum Gasteiger partial charge on any atom is -0.490 e. The van der Waals surface area contributed by atoms with Crippen molar-refractivity contribution in [1.82, 2.24) is 10.6 Å². The maximum Gasteiger partial charge on any atom is 0.223 e. The maximum atomic E-state index is 13.7. The van der Waals surface area contributed by atoms with Crippen LogP contribution in [0.1, 0.15) is 25.8 Å². The first-order chi connectivity index (χ1) is 9.02. The van der Waals surface area contributed by atoms with E-state index in [0.717, 1.165) is 5.56 Å². The molecule has 0 bridgehead atoms. The van der Waals surface area contributed by atoms with Crippen LogP contribution in [0.25, 0.3) is 0 Å². The quantitative estimate of drug-likeness (QED) is 0.793. The van der Waals surface area contributed by atoms with Crippen molar-refractivity contribution in [2.24, 2.45) is 0 Å². The van der Waals surface area contributed by atoms with Crippen LogP contribution >= 0.6 is 0 Å². The molecule has 0 heterocycles. The highest BCUT2D eigenvalue weighted by molar-refractivity contribution is 5.76. The fourth-order valence-electron chi connectivity index (χ4n) is 1.62. The van der Waals surface area contributed by atoms with E-state index in [1.807, 2.05) is 13.8 Å². The summed E-state index contributed by atoms with van der Waals surface area (Å²) in [5.74, 6) is -0.323. The standard InChI is InChI=1S/C14H21FN2O2/c1-10(2)17-14(18)6-7-19-13-5-4-11(9-16-3)8-12(13)15/h4-5,8,10,16H,6-7,9H2,1-3H3,(H,17,18). The number of rotatable bonds is 7. The van der Waals surface area contributed by atoms with Crippen LogP contribution in [0.2, 0.25) is 0 Å². The van der Waals surface area contributed by atoms with Crippen molar-refractivity contribution < 1.29 is 13.9 Å². The molecule has 0 spiro atoms. The summed E-state index contributed by atoms with van der Waals surface area (Å²) in [6.45, 7) is 4.55. The lowest BCUT2D eigenvalue weighted by Gasteiger charge is -2.10. The van der Waals surface area contributed by atoms with Crippen LogP contribution < -0.4 is 15.4 Å². The lowest BCUT2D eigenvalue weighted by atomic mass is 10.2. The van der Waals surface area contributed by atoms with Gasteiger partial charge in [0.05, 0.1) is 13.0 Å². The first-order valence-electron chi connectivity index (χ1n) is 6.38. The van der Waals surface area contributed by atoms with Crippen LogP contribution in [0.3, 0.4) is 0 Å². The molecule has 0 aromatic heterocycles. The molecule has 0 aliphatic rings. The molecule has 0 unspecified atom stereocenters. The van der Waals surface area contributed by atoms with Gasteiger partial charge in [0, 0.05) is 12.6 Å². The first kappa shape index (κ1) is 15.4. The van der Waals surface area contributed by atoms with Gasteiger partial charge < -0.3 is 15.4 Å². The number of nitrogens with one attached hydrogen (secondary N) is 2. The maximum absolute atomic E-state index is 13.7. The Kier molecular flexibility index (Phi) is 6.29. The van der Waals surface area contributed by atoms with Crippen molar-refractivity contribution in [3.05, 3.63) is 29.6 Å². The topological polar surface area (TPSA) is 50.4 Å². The van der Waals surface area contributed by atoms with Gasteiger partial charge in [0.25, 0.3) is 0 Å². The zero-order valence-electron chi connectivity index (χ0n) is 11.6. The number of halogens is 1. The lowest BCUT2D eigenvalue weighted by molar-refractivity contribution is -0.122. The number of carbonyl (C=O) groups is 1. The molecule has 0 fully saturated rings.